The Kier molecular flexibility index (Phi) is 3.82. The normalized spacial score (nSPS) is 23.7. The maximum atomic E-state index is 12.7. The number of carbonyl (C=O) groups is 1. The molecule has 0 N–H and O–H groups in total. The van der Waals surface area contributed by atoms with Crippen LogP contribution in [0.1, 0.15) is 17.9 Å². The Morgan fingerprint density at radius 2 is 1.59 bits per heavy atom. The second-order valence-corrected chi connectivity index (χ2v) is 8.43. The van der Waals surface area contributed by atoms with Gasteiger partial charge in [-0.2, -0.15) is 0 Å². The maximum Gasteiger partial charge on any atom is 0.246 e. The first-order chi connectivity index (χ1) is 10.4. The van der Waals surface area contributed by atoms with Crippen molar-refractivity contribution in [1.29, 1.82) is 0 Å². The van der Waals surface area contributed by atoms with E-state index in [-0.39, 0.29) is 5.91 Å². The van der Waals surface area contributed by atoms with Crippen molar-refractivity contribution in [1.82, 2.24) is 0 Å². The fourth-order valence-electron chi connectivity index (χ4n) is 2.61. The van der Waals surface area contributed by atoms with E-state index >= 15 is 0 Å². The number of anilines is 1. The first-order valence-electron chi connectivity index (χ1n) is 6.79. The third kappa shape index (κ3) is 2.36. The zero-order chi connectivity index (χ0) is 15.9. The summed E-state index contributed by atoms with van der Waals surface area (Å²) in [6.45, 7) is 1.45. The van der Waals surface area contributed by atoms with Gasteiger partial charge in [-0.05, 0) is 36.8 Å². The van der Waals surface area contributed by atoms with E-state index in [9.17, 15) is 13.2 Å². The van der Waals surface area contributed by atoms with Crippen molar-refractivity contribution in [3.63, 3.8) is 0 Å². The number of carbonyl (C=O) groups excluding carboxylic acids is 1. The SMILES string of the molecule is CC1C(=O)N(c2ccccc2)C(c2ccc(Br)cc2)S1(=O)=O. The summed E-state index contributed by atoms with van der Waals surface area (Å²) in [6.07, 6.45) is 0. The monoisotopic (exact) mass is 379 g/mol. The third-order valence-corrected chi connectivity index (χ3v) is 6.63. The molecule has 1 amide bonds. The molecule has 0 aromatic heterocycles. The number of rotatable bonds is 2. The molecule has 0 radical (unpaired) electrons. The third-order valence-electron chi connectivity index (χ3n) is 3.81. The molecule has 2 atom stereocenters. The molecule has 1 saturated heterocycles. The molecule has 0 bridgehead atoms. The number of amides is 1. The molecular weight excluding hydrogens is 366 g/mol. The Labute approximate surface area is 137 Å². The number of para-hydroxylation sites is 1. The van der Waals surface area contributed by atoms with Crippen LogP contribution in [0.2, 0.25) is 0 Å². The van der Waals surface area contributed by atoms with Crippen LogP contribution >= 0.6 is 15.9 Å². The number of hydrogen-bond acceptors (Lipinski definition) is 3. The summed E-state index contributed by atoms with van der Waals surface area (Å²) in [5, 5.41) is -2.02. The van der Waals surface area contributed by atoms with Crippen LogP contribution < -0.4 is 4.90 Å². The number of nitrogens with zero attached hydrogens (tertiary/aromatic N) is 1. The quantitative estimate of drug-likeness (QED) is 0.804. The molecule has 1 heterocycles. The van der Waals surface area contributed by atoms with Crippen LogP contribution in [0.15, 0.2) is 59.1 Å². The van der Waals surface area contributed by atoms with Crippen molar-refractivity contribution in [2.24, 2.45) is 0 Å². The van der Waals surface area contributed by atoms with E-state index in [0.717, 1.165) is 4.47 Å². The lowest BCUT2D eigenvalue weighted by Crippen LogP contribution is -2.30. The molecule has 114 valence electrons. The lowest BCUT2D eigenvalue weighted by molar-refractivity contribution is -0.117. The smallest absolute Gasteiger partial charge is 0.246 e. The number of benzene rings is 2. The lowest BCUT2D eigenvalue weighted by Gasteiger charge is -2.23. The van der Waals surface area contributed by atoms with Gasteiger partial charge in [-0.15, -0.1) is 0 Å². The zero-order valence-corrected chi connectivity index (χ0v) is 14.2. The molecule has 4 nitrogen and oxygen atoms in total. The number of hydrogen-bond donors (Lipinski definition) is 0. The van der Waals surface area contributed by atoms with Crippen LogP contribution in [-0.2, 0) is 14.6 Å². The highest BCUT2D eigenvalue weighted by atomic mass is 79.9. The molecule has 0 spiro atoms. The predicted octanol–water partition coefficient (Wildman–Crippen LogP) is 3.30. The second-order valence-electron chi connectivity index (χ2n) is 5.18. The van der Waals surface area contributed by atoms with Crippen molar-refractivity contribution in [3.8, 4) is 0 Å². The van der Waals surface area contributed by atoms with Crippen LogP contribution in [0.4, 0.5) is 5.69 Å². The molecule has 1 aliphatic heterocycles. The average Bonchev–Trinajstić information content (AvgIpc) is 2.69. The minimum Gasteiger partial charge on any atom is -0.289 e. The topological polar surface area (TPSA) is 54.5 Å². The van der Waals surface area contributed by atoms with Gasteiger partial charge in [0.05, 0.1) is 0 Å². The highest BCUT2D eigenvalue weighted by molar-refractivity contribution is 9.10. The summed E-state index contributed by atoms with van der Waals surface area (Å²) in [4.78, 5) is 13.9. The Morgan fingerprint density at radius 3 is 2.18 bits per heavy atom. The van der Waals surface area contributed by atoms with Crippen LogP contribution in [-0.4, -0.2) is 19.6 Å². The molecule has 0 saturated carbocycles. The van der Waals surface area contributed by atoms with Crippen LogP contribution in [0.5, 0.6) is 0 Å². The van der Waals surface area contributed by atoms with Crippen LogP contribution in [0, 0.1) is 0 Å². The van der Waals surface area contributed by atoms with Gasteiger partial charge in [-0.3, -0.25) is 9.69 Å². The number of halogens is 1. The molecular formula is C16H14BrNO3S. The minimum absolute atomic E-state index is 0.390. The second kappa shape index (κ2) is 5.52. The molecule has 1 aliphatic rings. The van der Waals surface area contributed by atoms with Gasteiger partial charge in [0.25, 0.3) is 0 Å². The van der Waals surface area contributed by atoms with E-state index in [4.69, 9.17) is 0 Å². The molecule has 0 aliphatic carbocycles. The van der Waals surface area contributed by atoms with Crippen LogP contribution in [0.3, 0.4) is 0 Å². The molecule has 2 aromatic rings. The van der Waals surface area contributed by atoms with E-state index < -0.39 is 20.5 Å². The van der Waals surface area contributed by atoms with Crippen molar-refractivity contribution < 1.29 is 13.2 Å². The van der Waals surface area contributed by atoms with Crippen LogP contribution in [0.25, 0.3) is 0 Å². The summed E-state index contributed by atoms with van der Waals surface area (Å²) < 4.78 is 26.3. The first kappa shape index (κ1) is 15.2. The first-order valence-corrected chi connectivity index (χ1v) is 9.19. The minimum atomic E-state index is -3.62. The molecule has 2 unspecified atom stereocenters. The molecule has 2 aromatic carbocycles. The van der Waals surface area contributed by atoms with Gasteiger partial charge in [-0.25, -0.2) is 8.42 Å². The number of sulfone groups is 1. The maximum absolute atomic E-state index is 12.7. The van der Waals surface area contributed by atoms with E-state index in [1.165, 1.54) is 11.8 Å². The Morgan fingerprint density at radius 1 is 1.00 bits per heavy atom. The van der Waals surface area contributed by atoms with E-state index in [1.807, 2.05) is 6.07 Å². The van der Waals surface area contributed by atoms with Crippen molar-refractivity contribution in [2.75, 3.05) is 4.90 Å². The average molecular weight is 380 g/mol. The highest BCUT2D eigenvalue weighted by Gasteiger charge is 2.51. The molecule has 3 rings (SSSR count). The van der Waals surface area contributed by atoms with Crippen molar-refractivity contribution in [3.05, 3.63) is 64.6 Å². The Bertz CT molecular complexity index is 803. The summed E-state index contributed by atoms with van der Waals surface area (Å²) in [5.74, 6) is -0.390. The van der Waals surface area contributed by atoms with Gasteiger partial charge >= 0.3 is 0 Å². The van der Waals surface area contributed by atoms with E-state index in [1.54, 1.807) is 48.5 Å². The largest absolute Gasteiger partial charge is 0.289 e. The molecule has 22 heavy (non-hydrogen) atoms. The summed E-state index contributed by atoms with van der Waals surface area (Å²) in [7, 11) is -3.62. The highest BCUT2D eigenvalue weighted by Crippen LogP contribution is 2.40. The predicted molar refractivity (Wildman–Crippen MR) is 89.2 cm³/mol. The van der Waals surface area contributed by atoms with Gasteiger partial charge < -0.3 is 0 Å². The Balaban J connectivity index is 2.18. The van der Waals surface area contributed by atoms with E-state index in [0.29, 0.717) is 11.3 Å². The van der Waals surface area contributed by atoms with Gasteiger partial charge in [-0.1, -0.05) is 46.3 Å². The van der Waals surface area contributed by atoms with E-state index in [2.05, 4.69) is 15.9 Å². The molecule has 1 fully saturated rings. The fraction of sp³-hybridized carbons (Fsp3) is 0.188. The Hall–Kier alpha value is -1.66. The lowest BCUT2D eigenvalue weighted by atomic mass is 10.2. The van der Waals surface area contributed by atoms with Gasteiger partial charge in [0, 0.05) is 10.2 Å². The molecule has 6 heteroatoms. The summed E-state index contributed by atoms with van der Waals surface area (Å²) in [6, 6.07) is 15.9. The van der Waals surface area contributed by atoms with Gasteiger partial charge in [0.2, 0.25) is 5.91 Å². The summed E-state index contributed by atoms with van der Waals surface area (Å²) in [5.41, 5.74) is 1.18. The van der Waals surface area contributed by atoms with Crippen molar-refractivity contribution >= 4 is 37.4 Å². The zero-order valence-electron chi connectivity index (χ0n) is 11.8. The fourth-order valence-corrected chi connectivity index (χ4v) is 4.71. The summed E-state index contributed by atoms with van der Waals surface area (Å²) >= 11 is 3.34. The van der Waals surface area contributed by atoms with Gasteiger partial charge in [0.15, 0.2) is 15.2 Å². The standard InChI is InChI=1S/C16H14BrNO3S/c1-11-15(19)18(14-5-3-2-4-6-14)16(22(11,20)21)12-7-9-13(17)10-8-12/h2-11,16H,1H3. The van der Waals surface area contributed by atoms with Crippen molar-refractivity contribution in [2.45, 2.75) is 17.5 Å². The van der Waals surface area contributed by atoms with Gasteiger partial charge in [0.1, 0.15) is 5.25 Å².